The third-order valence-electron chi connectivity index (χ3n) is 5.45. The fraction of sp³-hybridized carbons (Fsp3) is 0.316. The number of fused-ring (bicyclic) bond motifs is 4. The third kappa shape index (κ3) is 2.51. The third-order valence-corrected chi connectivity index (χ3v) is 5.75. The molecule has 0 spiro atoms. The van der Waals surface area contributed by atoms with E-state index in [1.165, 1.54) is 6.07 Å². The Morgan fingerprint density at radius 3 is 2.78 bits per heavy atom. The number of para-hydroxylation sites is 2. The molecule has 1 saturated heterocycles. The standard InChI is InChI=1S/C19H19N3O4S/c1-11-17-13-10-12(22(23)24)8-9-15(13)26-19(11,2)21(18(27)20-17)14-6-4-5-7-16(14)25-3/h4-11,17H,1-3H3,(H,20,27)/t11-,17+,19+/m1/s1. The van der Waals surface area contributed by atoms with Crippen molar-refractivity contribution in [3.63, 3.8) is 0 Å². The minimum absolute atomic E-state index is 0.0352. The van der Waals surface area contributed by atoms with Gasteiger partial charge in [0.2, 0.25) is 0 Å². The van der Waals surface area contributed by atoms with Crippen LogP contribution in [0, 0.1) is 16.0 Å². The summed E-state index contributed by atoms with van der Waals surface area (Å²) in [6, 6.07) is 12.1. The number of nitro benzene ring substituents is 1. The highest BCUT2D eigenvalue weighted by Gasteiger charge is 2.54. The van der Waals surface area contributed by atoms with E-state index in [1.54, 1.807) is 19.2 Å². The van der Waals surface area contributed by atoms with E-state index in [0.29, 0.717) is 16.6 Å². The molecule has 0 saturated carbocycles. The number of benzene rings is 2. The summed E-state index contributed by atoms with van der Waals surface area (Å²) in [6.45, 7) is 4.03. The topological polar surface area (TPSA) is 76.9 Å². The summed E-state index contributed by atoms with van der Waals surface area (Å²) >= 11 is 5.65. The molecule has 0 aromatic heterocycles. The second-order valence-corrected chi connectivity index (χ2v) is 7.25. The van der Waals surface area contributed by atoms with Gasteiger partial charge in [0.15, 0.2) is 10.8 Å². The highest BCUT2D eigenvalue weighted by atomic mass is 32.1. The van der Waals surface area contributed by atoms with E-state index in [1.807, 2.05) is 43.0 Å². The maximum atomic E-state index is 11.2. The van der Waals surface area contributed by atoms with E-state index in [0.717, 1.165) is 11.3 Å². The Hall–Kier alpha value is -2.87. The number of methoxy groups -OCH3 is 1. The highest BCUT2D eigenvalue weighted by molar-refractivity contribution is 7.80. The Kier molecular flexibility index (Phi) is 3.96. The second-order valence-electron chi connectivity index (χ2n) is 6.86. The molecule has 8 heteroatoms. The average Bonchev–Trinajstić information content (AvgIpc) is 2.64. The minimum atomic E-state index is -0.773. The molecule has 1 N–H and O–H groups in total. The Labute approximate surface area is 162 Å². The van der Waals surface area contributed by atoms with Crippen LogP contribution in [-0.4, -0.2) is 22.9 Å². The van der Waals surface area contributed by atoms with Crippen LogP contribution in [0.4, 0.5) is 11.4 Å². The Bertz CT molecular complexity index is 950. The van der Waals surface area contributed by atoms with E-state index in [9.17, 15) is 10.1 Å². The van der Waals surface area contributed by atoms with Crippen LogP contribution >= 0.6 is 12.2 Å². The number of nitrogens with zero attached hydrogens (tertiary/aromatic N) is 2. The number of hydrogen-bond acceptors (Lipinski definition) is 5. The first-order valence-electron chi connectivity index (χ1n) is 8.58. The van der Waals surface area contributed by atoms with Crippen molar-refractivity contribution in [2.24, 2.45) is 5.92 Å². The van der Waals surface area contributed by atoms with Crippen molar-refractivity contribution in [1.82, 2.24) is 5.32 Å². The van der Waals surface area contributed by atoms with Crippen molar-refractivity contribution in [3.8, 4) is 11.5 Å². The van der Waals surface area contributed by atoms with E-state index < -0.39 is 10.6 Å². The highest BCUT2D eigenvalue weighted by Crippen LogP contribution is 2.50. The molecule has 0 unspecified atom stereocenters. The average molecular weight is 385 g/mol. The SMILES string of the molecule is COc1ccccc1N1C(=S)N[C@@H]2c3cc([N+](=O)[O-])ccc3O[C@@]1(C)[C@@H]2C. The van der Waals surface area contributed by atoms with Gasteiger partial charge in [-0.15, -0.1) is 0 Å². The van der Waals surface area contributed by atoms with Gasteiger partial charge in [0, 0.05) is 23.6 Å². The number of anilines is 1. The van der Waals surface area contributed by atoms with Crippen LogP contribution < -0.4 is 19.7 Å². The van der Waals surface area contributed by atoms with Gasteiger partial charge < -0.3 is 14.8 Å². The Balaban J connectivity index is 1.85. The van der Waals surface area contributed by atoms with Crippen LogP contribution in [0.2, 0.25) is 0 Å². The Morgan fingerprint density at radius 2 is 2.07 bits per heavy atom. The van der Waals surface area contributed by atoms with Crippen molar-refractivity contribution in [2.45, 2.75) is 25.6 Å². The quantitative estimate of drug-likeness (QED) is 0.489. The molecular formula is C19H19N3O4S. The fourth-order valence-electron chi connectivity index (χ4n) is 3.89. The summed E-state index contributed by atoms with van der Waals surface area (Å²) in [4.78, 5) is 12.7. The lowest BCUT2D eigenvalue weighted by molar-refractivity contribution is -0.385. The van der Waals surface area contributed by atoms with E-state index in [2.05, 4.69) is 5.32 Å². The predicted octanol–water partition coefficient (Wildman–Crippen LogP) is 3.78. The molecule has 2 aliphatic heterocycles. The van der Waals surface area contributed by atoms with Gasteiger partial charge >= 0.3 is 0 Å². The molecule has 27 heavy (non-hydrogen) atoms. The molecule has 2 heterocycles. The van der Waals surface area contributed by atoms with Crippen LogP contribution in [0.5, 0.6) is 11.5 Å². The maximum absolute atomic E-state index is 11.2. The fourth-order valence-corrected chi connectivity index (χ4v) is 4.30. The lowest BCUT2D eigenvalue weighted by Crippen LogP contribution is -2.69. The van der Waals surface area contributed by atoms with Crippen molar-refractivity contribution in [1.29, 1.82) is 0 Å². The van der Waals surface area contributed by atoms with Crippen LogP contribution in [0.25, 0.3) is 0 Å². The van der Waals surface area contributed by atoms with Gasteiger partial charge in [0.05, 0.1) is 23.8 Å². The number of ether oxygens (including phenoxy) is 2. The van der Waals surface area contributed by atoms with Gasteiger partial charge in [0.1, 0.15) is 11.5 Å². The van der Waals surface area contributed by atoms with Crippen molar-refractivity contribution < 1.29 is 14.4 Å². The molecule has 4 rings (SSSR count). The van der Waals surface area contributed by atoms with Crippen LogP contribution in [0.1, 0.15) is 25.5 Å². The van der Waals surface area contributed by atoms with Gasteiger partial charge in [-0.25, -0.2) is 0 Å². The van der Waals surface area contributed by atoms with Crippen molar-refractivity contribution >= 4 is 28.7 Å². The van der Waals surface area contributed by atoms with Gasteiger partial charge in [-0.3, -0.25) is 15.0 Å². The first-order chi connectivity index (χ1) is 12.9. The molecule has 3 atom stereocenters. The van der Waals surface area contributed by atoms with E-state index >= 15 is 0 Å². The second kappa shape index (κ2) is 6.09. The first-order valence-corrected chi connectivity index (χ1v) is 8.98. The predicted molar refractivity (Wildman–Crippen MR) is 105 cm³/mol. The van der Waals surface area contributed by atoms with Crippen LogP contribution in [-0.2, 0) is 0 Å². The zero-order valence-electron chi connectivity index (χ0n) is 15.1. The summed E-state index contributed by atoms with van der Waals surface area (Å²) in [5.41, 5.74) is 0.810. The smallest absolute Gasteiger partial charge is 0.270 e. The molecule has 7 nitrogen and oxygen atoms in total. The largest absolute Gasteiger partial charge is 0.495 e. The Morgan fingerprint density at radius 1 is 1.33 bits per heavy atom. The molecule has 0 aliphatic carbocycles. The van der Waals surface area contributed by atoms with E-state index in [4.69, 9.17) is 21.7 Å². The summed E-state index contributed by atoms with van der Waals surface area (Å²) in [5, 5.41) is 15.0. The zero-order chi connectivity index (χ0) is 19.3. The summed E-state index contributed by atoms with van der Waals surface area (Å²) in [5.74, 6) is 1.26. The molecular weight excluding hydrogens is 366 g/mol. The summed E-state index contributed by atoms with van der Waals surface area (Å²) in [6.07, 6.45) is 0. The van der Waals surface area contributed by atoms with Crippen LogP contribution in [0.3, 0.4) is 0 Å². The molecule has 0 radical (unpaired) electrons. The number of non-ortho nitro benzene ring substituents is 1. The van der Waals surface area contributed by atoms with Crippen LogP contribution in [0.15, 0.2) is 42.5 Å². The van der Waals surface area contributed by atoms with E-state index in [-0.39, 0.29) is 17.6 Å². The summed E-state index contributed by atoms with van der Waals surface area (Å²) in [7, 11) is 1.62. The van der Waals surface area contributed by atoms with Gasteiger partial charge in [-0.05, 0) is 37.3 Å². The number of thiocarbonyl (C=S) groups is 1. The lowest BCUT2D eigenvalue weighted by Gasteiger charge is -2.56. The van der Waals surface area contributed by atoms with Gasteiger partial charge in [-0.1, -0.05) is 19.1 Å². The molecule has 2 aromatic carbocycles. The number of rotatable bonds is 3. The maximum Gasteiger partial charge on any atom is 0.270 e. The van der Waals surface area contributed by atoms with Gasteiger partial charge in [0.25, 0.3) is 5.69 Å². The number of hydrogen-bond donors (Lipinski definition) is 1. The first kappa shape index (κ1) is 17.5. The zero-order valence-corrected chi connectivity index (χ0v) is 15.9. The molecule has 2 aliphatic rings. The van der Waals surface area contributed by atoms with Gasteiger partial charge in [-0.2, -0.15) is 0 Å². The summed E-state index contributed by atoms with van der Waals surface area (Å²) < 4.78 is 11.9. The normalized spacial score (nSPS) is 25.9. The van der Waals surface area contributed by atoms with Crippen molar-refractivity contribution in [3.05, 3.63) is 58.1 Å². The lowest BCUT2D eigenvalue weighted by atomic mass is 9.80. The minimum Gasteiger partial charge on any atom is -0.495 e. The number of nitro groups is 1. The molecule has 140 valence electrons. The molecule has 2 bridgehead atoms. The van der Waals surface area contributed by atoms with Crippen molar-refractivity contribution in [2.75, 3.05) is 12.0 Å². The number of nitrogens with one attached hydrogen (secondary N) is 1. The monoisotopic (exact) mass is 385 g/mol. The molecule has 1 fully saturated rings. The molecule has 0 amide bonds. The molecule has 2 aromatic rings.